The van der Waals surface area contributed by atoms with Crippen LogP contribution in [0, 0.1) is 11.8 Å². The van der Waals surface area contributed by atoms with Crippen molar-refractivity contribution >= 4 is 10.9 Å². The van der Waals surface area contributed by atoms with E-state index >= 15 is 0 Å². The fraction of sp³-hybridized carbons (Fsp3) is 0.150. The summed E-state index contributed by atoms with van der Waals surface area (Å²) in [6, 6.07) is 19.5. The van der Waals surface area contributed by atoms with Gasteiger partial charge in [0.1, 0.15) is 18.5 Å². The van der Waals surface area contributed by atoms with Crippen LogP contribution in [0.4, 0.5) is 0 Å². The minimum atomic E-state index is -0.638. The highest BCUT2D eigenvalue weighted by Gasteiger charge is 2.00. The molecule has 1 aromatic heterocycles. The fourth-order valence-corrected chi connectivity index (χ4v) is 2.20. The first kappa shape index (κ1) is 15.1. The summed E-state index contributed by atoms with van der Waals surface area (Å²) in [5, 5.41) is 10.3. The molecule has 0 fully saturated rings. The second kappa shape index (κ2) is 6.95. The van der Waals surface area contributed by atoms with Gasteiger partial charge in [0.25, 0.3) is 0 Å². The van der Waals surface area contributed by atoms with Gasteiger partial charge in [-0.25, -0.2) is 4.98 Å². The number of aromatic nitrogens is 1. The molecule has 0 aliphatic carbocycles. The maximum absolute atomic E-state index is 9.21. The molecule has 1 unspecified atom stereocenters. The van der Waals surface area contributed by atoms with Gasteiger partial charge in [-0.15, -0.1) is 0 Å². The zero-order chi connectivity index (χ0) is 16.1. The minimum absolute atomic E-state index is 0.401. The van der Waals surface area contributed by atoms with Gasteiger partial charge in [0, 0.05) is 10.9 Å². The van der Waals surface area contributed by atoms with Crippen LogP contribution in [-0.4, -0.2) is 16.2 Å². The molecular formula is C20H17NO2. The van der Waals surface area contributed by atoms with Crippen LogP contribution in [0.15, 0.2) is 60.7 Å². The normalized spacial score (nSPS) is 11.6. The molecule has 0 bridgehead atoms. The molecule has 23 heavy (non-hydrogen) atoms. The van der Waals surface area contributed by atoms with Crippen LogP contribution in [0.25, 0.3) is 10.9 Å². The van der Waals surface area contributed by atoms with Gasteiger partial charge in [0.05, 0.1) is 11.2 Å². The van der Waals surface area contributed by atoms with Gasteiger partial charge < -0.3 is 9.84 Å². The summed E-state index contributed by atoms with van der Waals surface area (Å²) in [4.78, 5) is 4.59. The highest BCUT2D eigenvalue weighted by molar-refractivity contribution is 5.78. The zero-order valence-corrected chi connectivity index (χ0v) is 12.9. The van der Waals surface area contributed by atoms with Crippen LogP contribution < -0.4 is 4.74 Å². The van der Waals surface area contributed by atoms with Gasteiger partial charge in [-0.05, 0) is 37.3 Å². The SMILES string of the molecule is CC(O)C#Cc1cccc(OCc2ccc3ccccc3n2)c1. The molecule has 0 saturated heterocycles. The topological polar surface area (TPSA) is 42.4 Å². The average Bonchev–Trinajstić information content (AvgIpc) is 2.58. The Kier molecular flexibility index (Phi) is 4.56. The molecule has 0 aliphatic rings. The summed E-state index contributed by atoms with van der Waals surface area (Å²) in [5.74, 6) is 6.37. The lowest BCUT2D eigenvalue weighted by Gasteiger charge is -2.07. The molecule has 1 heterocycles. The van der Waals surface area contributed by atoms with Crippen molar-refractivity contribution < 1.29 is 9.84 Å². The van der Waals surface area contributed by atoms with Crippen LogP contribution in [0.3, 0.4) is 0 Å². The largest absolute Gasteiger partial charge is 0.487 e. The fourth-order valence-electron chi connectivity index (χ4n) is 2.20. The van der Waals surface area contributed by atoms with Crippen LogP contribution in [0.1, 0.15) is 18.2 Å². The van der Waals surface area contributed by atoms with Crippen molar-refractivity contribution in [1.29, 1.82) is 0 Å². The van der Waals surface area contributed by atoms with E-state index in [9.17, 15) is 5.11 Å². The van der Waals surface area contributed by atoms with E-state index in [1.807, 2.05) is 60.7 Å². The lowest BCUT2D eigenvalue weighted by atomic mass is 10.2. The molecule has 3 rings (SSSR count). The average molecular weight is 303 g/mol. The maximum atomic E-state index is 9.21. The maximum Gasteiger partial charge on any atom is 0.130 e. The van der Waals surface area contributed by atoms with Crippen LogP contribution in [0.2, 0.25) is 0 Å². The van der Waals surface area contributed by atoms with Crippen molar-refractivity contribution in [1.82, 2.24) is 4.98 Å². The van der Waals surface area contributed by atoms with E-state index in [0.29, 0.717) is 6.61 Å². The number of hydrogen-bond acceptors (Lipinski definition) is 3. The molecule has 1 N–H and O–H groups in total. The van der Waals surface area contributed by atoms with Crippen molar-refractivity contribution in [3.63, 3.8) is 0 Å². The quantitative estimate of drug-likeness (QED) is 0.752. The highest BCUT2D eigenvalue weighted by Crippen LogP contribution is 2.16. The first-order valence-corrected chi connectivity index (χ1v) is 7.48. The van der Waals surface area contributed by atoms with Gasteiger partial charge in [-0.2, -0.15) is 0 Å². The number of pyridine rings is 1. The number of para-hydroxylation sites is 1. The summed E-state index contributed by atoms with van der Waals surface area (Å²) in [6.45, 7) is 2.04. The van der Waals surface area contributed by atoms with Crippen molar-refractivity contribution in [3.8, 4) is 17.6 Å². The highest BCUT2D eigenvalue weighted by atomic mass is 16.5. The Labute approximate surface area is 135 Å². The van der Waals surface area contributed by atoms with E-state index in [1.165, 1.54) is 0 Å². The number of benzene rings is 2. The predicted octanol–water partition coefficient (Wildman–Crippen LogP) is 3.55. The smallest absolute Gasteiger partial charge is 0.130 e. The Morgan fingerprint density at radius 1 is 1.09 bits per heavy atom. The Morgan fingerprint density at radius 3 is 2.83 bits per heavy atom. The molecule has 0 saturated carbocycles. The molecule has 3 heteroatoms. The summed E-state index contributed by atoms with van der Waals surface area (Å²) >= 11 is 0. The van der Waals surface area contributed by atoms with E-state index in [-0.39, 0.29) is 0 Å². The molecule has 3 aromatic rings. The number of aliphatic hydroxyl groups excluding tert-OH is 1. The van der Waals surface area contributed by atoms with Crippen LogP contribution in [-0.2, 0) is 6.61 Å². The van der Waals surface area contributed by atoms with Crippen molar-refractivity contribution in [3.05, 3.63) is 71.9 Å². The Balaban J connectivity index is 1.72. The molecule has 0 radical (unpaired) electrons. The van der Waals surface area contributed by atoms with E-state index in [1.54, 1.807) is 6.92 Å². The lowest BCUT2D eigenvalue weighted by Crippen LogP contribution is -1.98. The van der Waals surface area contributed by atoms with E-state index in [0.717, 1.165) is 27.9 Å². The summed E-state index contributed by atoms with van der Waals surface area (Å²) < 4.78 is 5.80. The second-order valence-electron chi connectivity index (χ2n) is 5.26. The number of ether oxygens (including phenoxy) is 1. The monoisotopic (exact) mass is 303 g/mol. The van der Waals surface area contributed by atoms with E-state index in [2.05, 4.69) is 16.8 Å². The third-order valence-electron chi connectivity index (χ3n) is 3.30. The van der Waals surface area contributed by atoms with E-state index in [4.69, 9.17) is 4.74 Å². The third kappa shape index (κ3) is 4.09. The standard InChI is InChI=1S/C20H17NO2/c1-15(22)9-10-16-5-4-7-19(13-16)23-14-18-12-11-17-6-2-3-8-20(17)21-18/h2-8,11-13,15,22H,14H2,1H3. The first-order valence-electron chi connectivity index (χ1n) is 7.48. The van der Waals surface area contributed by atoms with Crippen molar-refractivity contribution in [2.24, 2.45) is 0 Å². The molecule has 3 nitrogen and oxygen atoms in total. The molecule has 1 atom stereocenters. The zero-order valence-electron chi connectivity index (χ0n) is 12.9. The van der Waals surface area contributed by atoms with Crippen LogP contribution in [0.5, 0.6) is 5.75 Å². The van der Waals surface area contributed by atoms with Gasteiger partial charge >= 0.3 is 0 Å². The Morgan fingerprint density at radius 2 is 1.96 bits per heavy atom. The molecular weight excluding hydrogens is 286 g/mol. The molecule has 2 aromatic carbocycles. The number of nitrogens with zero attached hydrogens (tertiary/aromatic N) is 1. The van der Waals surface area contributed by atoms with E-state index < -0.39 is 6.10 Å². The predicted molar refractivity (Wildman–Crippen MR) is 91.1 cm³/mol. The molecule has 0 spiro atoms. The first-order chi connectivity index (χ1) is 11.2. The number of hydrogen-bond donors (Lipinski definition) is 1. The van der Waals surface area contributed by atoms with Gasteiger partial charge in [0.15, 0.2) is 0 Å². The van der Waals surface area contributed by atoms with Crippen molar-refractivity contribution in [2.75, 3.05) is 0 Å². The third-order valence-corrected chi connectivity index (χ3v) is 3.30. The minimum Gasteiger partial charge on any atom is -0.487 e. The van der Waals surface area contributed by atoms with Crippen LogP contribution >= 0.6 is 0 Å². The molecule has 0 amide bonds. The summed E-state index contributed by atoms with van der Waals surface area (Å²) in [7, 11) is 0. The number of fused-ring (bicyclic) bond motifs is 1. The van der Waals surface area contributed by atoms with Crippen molar-refractivity contribution in [2.45, 2.75) is 19.6 Å². The van der Waals surface area contributed by atoms with Gasteiger partial charge in [-0.1, -0.05) is 42.2 Å². The molecule has 0 aliphatic heterocycles. The summed E-state index contributed by atoms with van der Waals surface area (Å²) in [5.41, 5.74) is 2.66. The van der Waals surface area contributed by atoms with Gasteiger partial charge in [-0.3, -0.25) is 0 Å². The number of aliphatic hydroxyl groups is 1. The second-order valence-corrected chi connectivity index (χ2v) is 5.26. The number of rotatable bonds is 3. The lowest BCUT2D eigenvalue weighted by molar-refractivity contribution is 0.253. The molecule has 114 valence electrons. The Bertz CT molecular complexity index is 875. The van der Waals surface area contributed by atoms with Gasteiger partial charge in [0.2, 0.25) is 0 Å². The summed E-state index contributed by atoms with van der Waals surface area (Å²) in [6.07, 6.45) is -0.638. The Hall–Kier alpha value is -2.83.